The Hall–Kier alpha value is -1.57. The highest BCUT2D eigenvalue weighted by Crippen LogP contribution is 2.12. The first-order valence-electron chi connectivity index (χ1n) is 4.63. The third-order valence-electron chi connectivity index (χ3n) is 1.84. The molecule has 0 aromatic heterocycles. The van der Waals surface area contributed by atoms with E-state index in [2.05, 4.69) is 5.92 Å². The van der Waals surface area contributed by atoms with E-state index >= 15 is 0 Å². The molecule has 0 fully saturated rings. The van der Waals surface area contributed by atoms with E-state index in [1.165, 1.54) is 24.3 Å². The number of benzene rings is 1. The normalized spacial score (nSPS) is 11.5. The first-order valence-corrected chi connectivity index (χ1v) is 6.04. The van der Waals surface area contributed by atoms with E-state index in [4.69, 9.17) is 10.6 Å². The van der Waals surface area contributed by atoms with Gasteiger partial charge in [0.15, 0.2) is 0 Å². The molecule has 0 saturated carbocycles. The van der Waals surface area contributed by atoms with E-state index in [0.717, 1.165) is 5.56 Å². The van der Waals surface area contributed by atoms with Crippen molar-refractivity contribution in [3.63, 3.8) is 0 Å². The Labute approximate surface area is 95.9 Å². The van der Waals surface area contributed by atoms with Crippen LogP contribution in [0.3, 0.4) is 0 Å². The molecule has 0 unspecified atom stereocenters. The third kappa shape index (κ3) is 3.54. The summed E-state index contributed by atoms with van der Waals surface area (Å²) in [5.41, 5.74) is 0.992. The van der Waals surface area contributed by atoms with Crippen molar-refractivity contribution < 1.29 is 12.6 Å². The maximum atomic E-state index is 11.6. The SMILES string of the molecule is C#C/C=C/COS(=O)(=O)c1ccc(C)cc1. The van der Waals surface area contributed by atoms with E-state index in [1.54, 1.807) is 12.1 Å². The third-order valence-corrected chi connectivity index (χ3v) is 3.14. The lowest BCUT2D eigenvalue weighted by molar-refractivity contribution is 0.357. The Balaban J connectivity index is 2.75. The zero-order chi connectivity index (χ0) is 12.0. The molecule has 0 spiro atoms. The number of hydrogen-bond acceptors (Lipinski definition) is 3. The quantitative estimate of drug-likeness (QED) is 0.592. The highest BCUT2D eigenvalue weighted by molar-refractivity contribution is 7.86. The van der Waals surface area contributed by atoms with Crippen LogP contribution in [0.25, 0.3) is 0 Å². The number of rotatable bonds is 4. The van der Waals surface area contributed by atoms with Crippen LogP contribution in [0.1, 0.15) is 5.56 Å². The molecule has 0 aliphatic carbocycles. The fourth-order valence-corrected chi connectivity index (χ4v) is 1.88. The summed E-state index contributed by atoms with van der Waals surface area (Å²) in [5.74, 6) is 2.25. The molecule has 0 bridgehead atoms. The van der Waals surface area contributed by atoms with Gasteiger partial charge in [0.2, 0.25) is 0 Å². The fourth-order valence-electron chi connectivity index (χ4n) is 1.02. The molecule has 1 aromatic carbocycles. The highest BCUT2D eigenvalue weighted by Gasteiger charge is 2.13. The monoisotopic (exact) mass is 236 g/mol. The average molecular weight is 236 g/mol. The van der Waals surface area contributed by atoms with E-state index < -0.39 is 10.1 Å². The van der Waals surface area contributed by atoms with Crippen LogP contribution in [-0.2, 0) is 14.3 Å². The molecule has 84 valence electrons. The predicted octanol–water partition coefficient (Wildman–Crippen LogP) is 1.89. The number of aryl methyl sites for hydroxylation is 1. The lowest BCUT2D eigenvalue weighted by atomic mass is 10.2. The molecule has 1 aromatic rings. The van der Waals surface area contributed by atoms with Crippen LogP contribution in [0.2, 0.25) is 0 Å². The van der Waals surface area contributed by atoms with Crippen molar-refractivity contribution in [2.24, 2.45) is 0 Å². The molecule has 0 atom stereocenters. The Morgan fingerprint density at radius 2 is 2.00 bits per heavy atom. The second kappa shape index (κ2) is 5.50. The summed E-state index contributed by atoms with van der Waals surface area (Å²) in [6.07, 6.45) is 7.82. The van der Waals surface area contributed by atoms with Crippen molar-refractivity contribution in [2.45, 2.75) is 11.8 Å². The molecule has 3 nitrogen and oxygen atoms in total. The molecule has 0 saturated heterocycles. The van der Waals surface area contributed by atoms with Gasteiger partial charge in [0.1, 0.15) is 0 Å². The Bertz CT molecular complexity index is 504. The smallest absolute Gasteiger partial charge is 0.262 e. The van der Waals surface area contributed by atoms with E-state index in [1.807, 2.05) is 6.92 Å². The molecular formula is C12H12O3S. The van der Waals surface area contributed by atoms with Gasteiger partial charge >= 0.3 is 0 Å². The highest BCUT2D eigenvalue weighted by atomic mass is 32.2. The second-order valence-electron chi connectivity index (χ2n) is 3.12. The van der Waals surface area contributed by atoms with Gasteiger partial charge in [-0.2, -0.15) is 8.42 Å². The zero-order valence-corrected chi connectivity index (χ0v) is 9.70. The largest absolute Gasteiger partial charge is 0.297 e. The van der Waals surface area contributed by atoms with Crippen molar-refractivity contribution in [1.29, 1.82) is 0 Å². The average Bonchev–Trinajstić information content (AvgIpc) is 2.25. The summed E-state index contributed by atoms with van der Waals surface area (Å²) in [7, 11) is -3.68. The van der Waals surface area contributed by atoms with Gasteiger partial charge in [-0.1, -0.05) is 23.6 Å². The molecule has 0 aliphatic heterocycles. The van der Waals surface area contributed by atoms with Crippen LogP contribution < -0.4 is 0 Å². The van der Waals surface area contributed by atoms with Gasteiger partial charge in [0.25, 0.3) is 10.1 Å². The Morgan fingerprint density at radius 1 is 1.38 bits per heavy atom. The van der Waals surface area contributed by atoms with Gasteiger partial charge in [0, 0.05) is 0 Å². The maximum Gasteiger partial charge on any atom is 0.297 e. The molecule has 0 amide bonds. The predicted molar refractivity (Wildman–Crippen MR) is 62.3 cm³/mol. The molecular weight excluding hydrogens is 224 g/mol. The van der Waals surface area contributed by atoms with E-state index in [0.29, 0.717) is 0 Å². The number of allylic oxidation sites excluding steroid dienone is 1. The molecule has 0 N–H and O–H groups in total. The summed E-state index contributed by atoms with van der Waals surface area (Å²) in [5, 5.41) is 0. The van der Waals surface area contributed by atoms with Crippen LogP contribution >= 0.6 is 0 Å². The molecule has 0 radical (unpaired) electrons. The van der Waals surface area contributed by atoms with E-state index in [-0.39, 0.29) is 11.5 Å². The summed E-state index contributed by atoms with van der Waals surface area (Å²) < 4.78 is 27.9. The molecule has 0 aliphatic rings. The molecule has 1 rings (SSSR count). The second-order valence-corrected chi connectivity index (χ2v) is 4.74. The standard InChI is InChI=1S/C12H12O3S/c1-3-4-5-10-15-16(13,14)12-8-6-11(2)7-9-12/h1,4-9H,10H2,2H3/b5-4+. The van der Waals surface area contributed by atoms with Gasteiger partial charge in [-0.3, -0.25) is 4.18 Å². The first kappa shape index (κ1) is 12.5. The van der Waals surface area contributed by atoms with Crippen LogP contribution in [0.15, 0.2) is 41.3 Å². The van der Waals surface area contributed by atoms with Gasteiger partial charge in [-0.05, 0) is 31.2 Å². The summed E-state index contributed by atoms with van der Waals surface area (Å²) >= 11 is 0. The van der Waals surface area contributed by atoms with Crippen LogP contribution in [0.4, 0.5) is 0 Å². The minimum atomic E-state index is -3.68. The number of terminal acetylenes is 1. The van der Waals surface area contributed by atoms with Gasteiger partial charge in [0.05, 0.1) is 11.5 Å². The van der Waals surface area contributed by atoms with Crippen molar-refractivity contribution in [3.8, 4) is 12.3 Å². The number of hydrogen-bond donors (Lipinski definition) is 0. The van der Waals surface area contributed by atoms with Crippen molar-refractivity contribution in [3.05, 3.63) is 42.0 Å². The van der Waals surface area contributed by atoms with Crippen LogP contribution in [0, 0.1) is 19.3 Å². The minimum absolute atomic E-state index is 0.0551. The summed E-state index contributed by atoms with van der Waals surface area (Å²) in [6.45, 7) is 1.83. The maximum absolute atomic E-state index is 11.6. The summed E-state index contributed by atoms with van der Waals surface area (Å²) in [4.78, 5) is 0.146. The van der Waals surface area contributed by atoms with Gasteiger partial charge in [-0.25, -0.2) is 0 Å². The zero-order valence-electron chi connectivity index (χ0n) is 8.88. The lowest BCUT2D eigenvalue weighted by Gasteiger charge is -2.03. The van der Waals surface area contributed by atoms with Crippen LogP contribution in [0.5, 0.6) is 0 Å². The molecule has 4 heteroatoms. The van der Waals surface area contributed by atoms with Gasteiger partial charge < -0.3 is 0 Å². The summed E-state index contributed by atoms with van der Waals surface area (Å²) in [6, 6.07) is 6.45. The fraction of sp³-hybridized carbons (Fsp3) is 0.167. The van der Waals surface area contributed by atoms with Crippen molar-refractivity contribution in [1.82, 2.24) is 0 Å². The Kier molecular flexibility index (Phi) is 4.29. The van der Waals surface area contributed by atoms with E-state index in [9.17, 15) is 8.42 Å². The topological polar surface area (TPSA) is 43.4 Å². The molecule has 0 heterocycles. The first-order chi connectivity index (χ1) is 7.56. The lowest BCUT2D eigenvalue weighted by Crippen LogP contribution is -2.06. The van der Waals surface area contributed by atoms with Crippen molar-refractivity contribution >= 4 is 10.1 Å². The van der Waals surface area contributed by atoms with Gasteiger partial charge in [-0.15, -0.1) is 6.42 Å². The van der Waals surface area contributed by atoms with Crippen molar-refractivity contribution in [2.75, 3.05) is 6.61 Å². The Morgan fingerprint density at radius 3 is 2.56 bits per heavy atom. The minimum Gasteiger partial charge on any atom is -0.262 e. The van der Waals surface area contributed by atoms with Crippen LogP contribution in [-0.4, -0.2) is 15.0 Å². The molecule has 16 heavy (non-hydrogen) atoms.